The molecule has 0 aromatic rings. The Bertz CT molecular complexity index is 251. The van der Waals surface area contributed by atoms with Crippen molar-refractivity contribution < 1.29 is 4.74 Å². The SMILES string of the molecule is CCC1(CNC2(C)CCOC2C)CCCNC1. The van der Waals surface area contributed by atoms with Crippen LogP contribution in [0.4, 0.5) is 0 Å². The van der Waals surface area contributed by atoms with Gasteiger partial charge in [0.05, 0.1) is 6.10 Å². The van der Waals surface area contributed by atoms with E-state index in [0.29, 0.717) is 11.5 Å². The molecule has 3 atom stereocenters. The van der Waals surface area contributed by atoms with Gasteiger partial charge in [-0.05, 0) is 51.5 Å². The molecule has 0 aliphatic carbocycles. The van der Waals surface area contributed by atoms with Crippen LogP contribution in [0.3, 0.4) is 0 Å². The molecular formula is C14H28N2O. The van der Waals surface area contributed by atoms with E-state index in [0.717, 1.165) is 19.6 Å². The summed E-state index contributed by atoms with van der Waals surface area (Å²) >= 11 is 0. The Balaban J connectivity index is 1.91. The fourth-order valence-electron chi connectivity index (χ4n) is 3.06. The lowest BCUT2D eigenvalue weighted by Gasteiger charge is -2.41. The zero-order valence-corrected chi connectivity index (χ0v) is 11.6. The average Bonchev–Trinajstić information content (AvgIpc) is 2.69. The molecule has 0 bridgehead atoms. The Hall–Kier alpha value is -0.120. The second kappa shape index (κ2) is 5.25. The molecule has 2 rings (SSSR count). The highest BCUT2D eigenvalue weighted by atomic mass is 16.5. The van der Waals surface area contributed by atoms with Gasteiger partial charge in [0.2, 0.25) is 0 Å². The van der Waals surface area contributed by atoms with Gasteiger partial charge in [-0.25, -0.2) is 0 Å². The van der Waals surface area contributed by atoms with Gasteiger partial charge in [0.15, 0.2) is 0 Å². The van der Waals surface area contributed by atoms with Crippen LogP contribution in [0.5, 0.6) is 0 Å². The zero-order valence-electron chi connectivity index (χ0n) is 11.6. The summed E-state index contributed by atoms with van der Waals surface area (Å²) in [5.74, 6) is 0. The van der Waals surface area contributed by atoms with E-state index in [-0.39, 0.29) is 5.54 Å². The molecule has 0 aromatic heterocycles. The van der Waals surface area contributed by atoms with E-state index in [2.05, 4.69) is 31.4 Å². The van der Waals surface area contributed by atoms with Crippen LogP contribution in [0.25, 0.3) is 0 Å². The van der Waals surface area contributed by atoms with Gasteiger partial charge < -0.3 is 15.4 Å². The topological polar surface area (TPSA) is 33.3 Å². The van der Waals surface area contributed by atoms with Crippen molar-refractivity contribution in [1.29, 1.82) is 0 Å². The summed E-state index contributed by atoms with van der Waals surface area (Å²) in [6, 6.07) is 0. The van der Waals surface area contributed by atoms with Crippen molar-refractivity contribution in [2.45, 2.75) is 58.1 Å². The van der Waals surface area contributed by atoms with Crippen molar-refractivity contribution in [3.8, 4) is 0 Å². The molecule has 3 unspecified atom stereocenters. The van der Waals surface area contributed by atoms with Crippen LogP contribution >= 0.6 is 0 Å². The zero-order chi connectivity index (χ0) is 12.4. The third kappa shape index (κ3) is 2.83. The van der Waals surface area contributed by atoms with Gasteiger partial charge in [0, 0.05) is 25.2 Å². The predicted molar refractivity (Wildman–Crippen MR) is 71.3 cm³/mol. The van der Waals surface area contributed by atoms with E-state index < -0.39 is 0 Å². The largest absolute Gasteiger partial charge is 0.377 e. The van der Waals surface area contributed by atoms with Gasteiger partial charge in [0.1, 0.15) is 0 Å². The number of ether oxygens (including phenoxy) is 1. The second-order valence-electron chi connectivity index (χ2n) is 6.17. The first kappa shape index (κ1) is 13.3. The van der Waals surface area contributed by atoms with Crippen LogP contribution in [0.15, 0.2) is 0 Å². The minimum atomic E-state index is 0.180. The van der Waals surface area contributed by atoms with Crippen LogP contribution in [0.1, 0.15) is 46.5 Å². The van der Waals surface area contributed by atoms with Crippen LogP contribution in [-0.4, -0.2) is 37.9 Å². The molecule has 100 valence electrons. The summed E-state index contributed by atoms with van der Waals surface area (Å²) in [5.41, 5.74) is 0.642. The first-order chi connectivity index (χ1) is 8.10. The summed E-state index contributed by atoms with van der Waals surface area (Å²) in [6.07, 6.45) is 5.42. The monoisotopic (exact) mass is 240 g/mol. The fourth-order valence-corrected chi connectivity index (χ4v) is 3.06. The third-order valence-corrected chi connectivity index (χ3v) is 5.06. The minimum Gasteiger partial charge on any atom is -0.377 e. The van der Waals surface area contributed by atoms with E-state index in [1.807, 2.05) is 0 Å². The quantitative estimate of drug-likeness (QED) is 0.788. The Morgan fingerprint density at radius 3 is 2.76 bits per heavy atom. The molecule has 2 aliphatic rings. The second-order valence-corrected chi connectivity index (χ2v) is 6.17. The third-order valence-electron chi connectivity index (χ3n) is 5.06. The Morgan fingerprint density at radius 1 is 1.41 bits per heavy atom. The smallest absolute Gasteiger partial charge is 0.0726 e. The highest BCUT2D eigenvalue weighted by Gasteiger charge is 2.39. The first-order valence-corrected chi connectivity index (χ1v) is 7.18. The number of rotatable bonds is 4. The lowest BCUT2D eigenvalue weighted by molar-refractivity contribution is 0.0789. The molecule has 17 heavy (non-hydrogen) atoms. The molecule has 0 radical (unpaired) electrons. The van der Waals surface area contributed by atoms with Crippen molar-refractivity contribution in [2.75, 3.05) is 26.2 Å². The van der Waals surface area contributed by atoms with Crippen LogP contribution in [0.2, 0.25) is 0 Å². The van der Waals surface area contributed by atoms with Crippen LogP contribution in [-0.2, 0) is 4.74 Å². The Kier molecular flexibility index (Phi) is 4.11. The summed E-state index contributed by atoms with van der Waals surface area (Å²) < 4.78 is 5.70. The molecule has 2 N–H and O–H groups in total. The standard InChI is InChI=1S/C14H28N2O/c1-4-14(6-5-8-15-10-14)11-16-13(3)7-9-17-12(13)2/h12,15-16H,4-11H2,1-3H3. The van der Waals surface area contributed by atoms with Crippen LogP contribution in [0, 0.1) is 5.41 Å². The molecule has 3 heteroatoms. The lowest BCUT2D eigenvalue weighted by Crippen LogP contribution is -2.54. The van der Waals surface area contributed by atoms with Crippen LogP contribution < -0.4 is 10.6 Å². The summed E-state index contributed by atoms with van der Waals surface area (Å²) in [4.78, 5) is 0. The molecule has 2 heterocycles. The Labute approximate surface area is 106 Å². The molecule has 0 saturated carbocycles. The van der Waals surface area contributed by atoms with E-state index in [4.69, 9.17) is 4.74 Å². The van der Waals surface area contributed by atoms with Gasteiger partial charge in [-0.3, -0.25) is 0 Å². The van der Waals surface area contributed by atoms with Gasteiger partial charge in [0.25, 0.3) is 0 Å². The molecule has 0 aromatic carbocycles. The number of nitrogens with one attached hydrogen (secondary N) is 2. The van der Waals surface area contributed by atoms with Gasteiger partial charge in [-0.2, -0.15) is 0 Å². The predicted octanol–water partition coefficient (Wildman–Crippen LogP) is 1.92. The summed E-state index contributed by atoms with van der Waals surface area (Å²) in [7, 11) is 0. The normalized spacial score (nSPS) is 42.9. The molecule has 2 fully saturated rings. The number of piperidine rings is 1. The fraction of sp³-hybridized carbons (Fsp3) is 1.00. The summed E-state index contributed by atoms with van der Waals surface area (Å²) in [6.45, 7) is 11.2. The maximum absolute atomic E-state index is 5.70. The van der Waals surface area contributed by atoms with E-state index in [9.17, 15) is 0 Å². The number of hydrogen-bond acceptors (Lipinski definition) is 3. The molecular weight excluding hydrogens is 212 g/mol. The van der Waals surface area contributed by atoms with Crippen molar-refractivity contribution in [3.05, 3.63) is 0 Å². The molecule has 2 saturated heterocycles. The van der Waals surface area contributed by atoms with E-state index in [1.54, 1.807) is 0 Å². The minimum absolute atomic E-state index is 0.180. The maximum Gasteiger partial charge on any atom is 0.0726 e. The van der Waals surface area contributed by atoms with Crippen molar-refractivity contribution in [3.63, 3.8) is 0 Å². The molecule has 3 nitrogen and oxygen atoms in total. The highest BCUT2D eigenvalue weighted by Crippen LogP contribution is 2.32. The Morgan fingerprint density at radius 2 is 2.24 bits per heavy atom. The van der Waals surface area contributed by atoms with Gasteiger partial charge in [-0.1, -0.05) is 6.92 Å². The summed E-state index contributed by atoms with van der Waals surface area (Å²) in [5, 5.41) is 7.36. The van der Waals surface area contributed by atoms with Crippen molar-refractivity contribution in [1.82, 2.24) is 10.6 Å². The van der Waals surface area contributed by atoms with E-state index >= 15 is 0 Å². The van der Waals surface area contributed by atoms with E-state index in [1.165, 1.54) is 32.4 Å². The van der Waals surface area contributed by atoms with Gasteiger partial charge >= 0.3 is 0 Å². The van der Waals surface area contributed by atoms with Gasteiger partial charge in [-0.15, -0.1) is 0 Å². The first-order valence-electron chi connectivity index (χ1n) is 7.18. The average molecular weight is 240 g/mol. The molecule has 0 spiro atoms. The molecule has 2 aliphatic heterocycles. The maximum atomic E-state index is 5.70. The molecule has 0 amide bonds. The number of hydrogen-bond donors (Lipinski definition) is 2. The highest BCUT2D eigenvalue weighted by molar-refractivity contribution is 4.96. The van der Waals surface area contributed by atoms with Crippen molar-refractivity contribution in [2.24, 2.45) is 5.41 Å². The lowest BCUT2D eigenvalue weighted by atomic mass is 9.77. The van der Waals surface area contributed by atoms with Crippen molar-refractivity contribution >= 4 is 0 Å².